The molecule has 31 heavy (non-hydrogen) atoms. The maximum atomic E-state index is 5.67. The molecule has 0 saturated carbocycles. The maximum absolute atomic E-state index is 5.67. The van der Waals surface area contributed by atoms with Crippen LogP contribution >= 0.6 is 0 Å². The summed E-state index contributed by atoms with van der Waals surface area (Å²) in [6, 6.07) is 7.02. The Labute approximate surface area is 195 Å². The second kappa shape index (κ2) is 18.6. The van der Waals surface area contributed by atoms with E-state index in [1.54, 1.807) is 11.1 Å². The standard InChI is InChI=1S/C30H54O/c1-6-10-14-18-26(19-15-11-7-2)24-28-25-29(31-5)22-23-30(28)27(20-16-12-8-3)21-17-13-9-4/h22-23,25-27H,6-21,24H2,1-5H3. The van der Waals surface area contributed by atoms with Crippen LogP contribution in [0.15, 0.2) is 18.2 Å². The summed E-state index contributed by atoms with van der Waals surface area (Å²) in [6.07, 6.45) is 23.0. The largest absolute Gasteiger partial charge is 0.497 e. The van der Waals surface area contributed by atoms with Gasteiger partial charge in [-0.3, -0.25) is 0 Å². The van der Waals surface area contributed by atoms with E-state index >= 15 is 0 Å². The second-order valence-corrected chi connectivity index (χ2v) is 9.81. The minimum atomic E-state index is 0.728. The molecule has 0 aliphatic heterocycles. The molecule has 0 bridgehead atoms. The Kier molecular flexibility index (Phi) is 16.8. The lowest BCUT2D eigenvalue weighted by Gasteiger charge is -2.24. The molecule has 1 aromatic carbocycles. The summed E-state index contributed by atoms with van der Waals surface area (Å²) >= 11 is 0. The highest BCUT2D eigenvalue weighted by Crippen LogP contribution is 2.35. The summed E-state index contributed by atoms with van der Waals surface area (Å²) in [5, 5.41) is 0. The first-order valence-electron chi connectivity index (χ1n) is 13.9. The van der Waals surface area contributed by atoms with Crippen LogP contribution in [0.5, 0.6) is 5.75 Å². The van der Waals surface area contributed by atoms with Crippen molar-refractivity contribution in [3.8, 4) is 5.75 Å². The van der Waals surface area contributed by atoms with Gasteiger partial charge in [0.15, 0.2) is 0 Å². The molecule has 1 aromatic rings. The number of hydrogen-bond donors (Lipinski definition) is 0. The first-order valence-corrected chi connectivity index (χ1v) is 13.9. The van der Waals surface area contributed by atoms with E-state index in [-0.39, 0.29) is 0 Å². The third-order valence-electron chi connectivity index (χ3n) is 7.04. The lowest BCUT2D eigenvalue weighted by atomic mass is 9.81. The molecule has 0 aromatic heterocycles. The van der Waals surface area contributed by atoms with Crippen molar-refractivity contribution in [3.63, 3.8) is 0 Å². The molecule has 0 amide bonds. The van der Waals surface area contributed by atoms with Crippen LogP contribution in [-0.4, -0.2) is 7.11 Å². The van der Waals surface area contributed by atoms with E-state index in [2.05, 4.69) is 45.9 Å². The van der Waals surface area contributed by atoms with Gasteiger partial charge in [-0.15, -0.1) is 0 Å². The summed E-state index contributed by atoms with van der Waals surface area (Å²) in [5.41, 5.74) is 3.24. The van der Waals surface area contributed by atoms with Gasteiger partial charge in [-0.2, -0.15) is 0 Å². The van der Waals surface area contributed by atoms with Crippen LogP contribution in [0, 0.1) is 5.92 Å². The minimum Gasteiger partial charge on any atom is -0.497 e. The van der Waals surface area contributed by atoms with Crippen molar-refractivity contribution < 1.29 is 4.74 Å². The molecule has 0 saturated heterocycles. The van der Waals surface area contributed by atoms with Crippen molar-refractivity contribution >= 4 is 0 Å². The van der Waals surface area contributed by atoms with Gasteiger partial charge < -0.3 is 4.74 Å². The van der Waals surface area contributed by atoms with E-state index in [4.69, 9.17) is 4.74 Å². The molecule has 1 nitrogen and oxygen atoms in total. The number of rotatable bonds is 20. The van der Waals surface area contributed by atoms with Crippen molar-refractivity contribution in [3.05, 3.63) is 29.3 Å². The molecular weight excluding hydrogens is 376 g/mol. The fraction of sp³-hybridized carbons (Fsp3) is 0.800. The fourth-order valence-corrected chi connectivity index (χ4v) is 5.05. The third kappa shape index (κ3) is 12.0. The zero-order valence-electron chi connectivity index (χ0n) is 21.8. The summed E-state index contributed by atoms with van der Waals surface area (Å²) in [7, 11) is 1.82. The van der Waals surface area contributed by atoms with E-state index < -0.39 is 0 Å². The zero-order chi connectivity index (χ0) is 22.7. The highest BCUT2D eigenvalue weighted by Gasteiger charge is 2.19. The molecule has 0 aliphatic carbocycles. The average Bonchev–Trinajstić information content (AvgIpc) is 2.78. The minimum absolute atomic E-state index is 0.728. The second-order valence-electron chi connectivity index (χ2n) is 9.81. The zero-order valence-corrected chi connectivity index (χ0v) is 21.8. The van der Waals surface area contributed by atoms with E-state index in [0.29, 0.717) is 0 Å². The monoisotopic (exact) mass is 430 g/mol. The molecule has 0 unspecified atom stereocenters. The van der Waals surface area contributed by atoms with Crippen LogP contribution in [0.1, 0.15) is 147 Å². The van der Waals surface area contributed by atoms with Crippen LogP contribution < -0.4 is 4.74 Å². The lowest BCUT2D eigenvalue weighted by molar-refractivity contribution is 0.398. The summed E-state index contributed by atoms with van der Waals surface area (Å²) in [6.45, 7) is 9.29. The van der Waals surface area contributed by atoms with E-state index in [1.165, 1.54) is 109 Å². The Bertz CT molecular complexity index is 515. The van der Waals surface area contributed by atoms with Crippen molar-refractivity contribution in [2.45, 2.75) is 143 Å². The normalized spacial score (nSPS) is 11.6. The molecular formula is C30H54O. The van der Waals surface area contributed by atoms with Crippen molar-refractivity contribution in [2.75, 3.05) is 7.11 Å². The average molecular weight is 431 g/mol. The Balaban J connectivity index is 3.05. The summed E-state index contributed by atoms with van der Waals surface area (Å²) in [5.74, 6) is 2.60. The summed E-state index contributed by atoms with van der Waals surface area (Å²) < 4.78 is 5.67. The van der Waals surface area contributed by atoms with E-state index in [9.17, 15) is 0 Å². The number of benzene rings is 1. The van der Waals surface area contributed by atoms with Gasteiger partial charge >= 0.3 is 0 Å². The van der Waals surface area contributed by atoms with Gasteiger partial charge in [-0.1, -0.05) is 124 Å². The molecule has 0 aliphatic rings. The Morgan fingerprint density at radius 2 is 1.13 bits per heavy atom. The molecule has 0 fully saturated rings. The van der Waals surface area contributed by atoms with E-state index in [0.717, 1.165) is 17.6 Å². The van der Waals surface area contributed by atoms with Gasteiger partial charge in [-0.25, -0.2) is 0 Å². The molecule has 1 rings (SSSR count). The summed E-state index contributed by atoms with van der Waals surface area (Å²) in [4.78, 5) is 0. The smallest absolute Gasteiger partial charge is 0.119 e. The van der Waals surface area contributed by atoms with Crippen LogP contribution in [-0.2, 0) is 6.42 Å². The van der Waals surface area contributed by atoms with Gasteiger partial charge in [0.25, 0.3) is 0 Å². The predicted molar refractivity (Wildman–Crippen MR) is 139 cm³/mol. The number of hydrogen-bond acceptors (Lipinski definition) is 1. The highest BCUT2D eigenvalue weighted by atomic mass is 16.5. The number of methoxy groups -OCH3 is 1. The molecule has 0 N–H and O–H groups in total. The fourth-order valence-electron chi connectivity index (χ4n) is 5.05. The van der Waals surface area contributed by atoms with Gasteiger partial charge in [-0.05, 0) is 54.4 Å². The first kappa shape index (κ1) is 28.1. The molecule has 180 valence electrons. The van der Waals surface area contributed by atoms with Crippen LogP contribution in [0.25, 0.3) is 0 Å². The highest BCUT2D eigenvalue weighted by molar-refractivity contribution is 5.38. The number of ether oxygens (including phenoxy) is 1. The van der Waals surface area contributed by atoms with Crippen LogP contribution in [0.4, 0.5) is 0 Å². The third-order valence-corrected chi connectivity index (χ3v) is 7.04. The number of unbranched alkanes of at least 4 members (excludes halogenated alkanes) is 8. The Morgan fingerprint density at radius 1 is 0.645 bits per heavy atom. The van der Waals surface area contributed by atoms with Crippen LogP contribution in [0.2, 0.25) is 0 Å². The maximum Gasteiger partial charge on any atom is 0.119 e. The first-order chi connectivity index (χ1) is 15.2. The van der Waals surface area contributed by atoms with E-state index in [1.807, 2.05) is 7.11 Å². The Morgan fingerprint density at radius 3 is 1.58 bits per heavy atom. The molecule has 1 heteroatoms. The molecule has 0 atom stereocenters. The van der Waals surface area contributed by atoms with Gasteiger partial charge in [0, 0.05) is 0 Å². The molecule has 0 radical (unpaired) electrons. The van der Waals surface area contributed by atoms with Gasteiger partial charge in [0.05, 0.1) is 7.11 Å². The van der Waals surface area contributed by atoms with Gasteiger partial charge in [0.2, 0.25) is 0 Å². The van der Waals surface area contributed by atoms with Gasteiger partial charge in [0.1, 0.15) is 5.75 Å². The van der Waals surface area contributed by atoms with Crippen molar-refractivity contribution in [1.29, 1.82) is 0 Å². The van der Waals surface area contributed by atoms with Crippen molar-refractivity contribution in [1.82, 2.24) is 0 Å². The van der Waals surface area contributed by atoms with Crippen LogP contribution in [0.3, 0.4) is 0 Å². The quantitative estimate of drug-likeness (QED) is 0.187. The predicted octanol–water partition coefficient (Wildman–Crippen LogP) is 10.3. The lowest BCUT2D eigenvalue weighted by Crippen LogP contribution is -2.10. The van der Waals surface area contributed by atoms with Crippen molar-refractivity contribution in [2.24, 2.45) is 5.92 Å². The molecule has 0 heterocycles. The molecule has 0 spiro atoms. The Hall–Kier alpha value is -0.980. The topological polar surface area (TPSA) is 9.23 Å². The SMILES string of the molecule is CCCCCC(CCCCC)Cc1cc(OC)ccc1C(CCCCC)CCCCC.